The van der Waals surface area contributed by atoms with Crippen LogP contribution in [0.3, 0.4) is 0 Å². The maximum absolute atomic E-state index is 14.6. The van der Waals surface area contributed by atoms with Gasteiger partial charge in [0.15, 0.2) is 0 Å². The van der Waals surface area contributed by atoms with Gasteiger partial charge >= 0.3 is 12.1 Å². The fourth-order valence-corrected chi connectivity index (χ4v) is 8.11. The standard InChI is InChI=1S/C47H61N7O6/c1-31-15-14-18-35(49-31)30-53-25-26-54(44(53)58)41(47(5,6)7)43(57)50-36(27-32-16-10-9-11-17-32)29-39(55)38(51-42(56)40(46(2,3)4)52(8)45(59)60)28-33-20-22-34(23-21-33)37-19-12-13-24-48-37/h9-24,36,38-41,55H,25-30H2,1-8H3,(H,50,57)(H,51,56)(H,59,60)/t36-,38-,39+,40+,41+/m0/s1. The molecule has 0 radical (unpaired) electrons. The van der Waals surface area contributed by atoms with Gasteiger partial charge in [0.25, 0.3) is 0 Å². The summed E-state index contributed by atoms with van der Waals surface area (Å²) in [6, 6.07) is 25.1. The lowest BCUT2D eigenvalue weighted by Gasteiger charge is -2.38. The first-order chi connectivity index (χ1) is 28.3. The molecule has 4 N–H and O–H groups in total. The van der Waals surface area contributed by atoms with Crippen molar-refractivity contribution in [1.82, 2.24) is 35.3 Å². The molecule has 5 atom stereocenters. The van der Waals surface area contributed by atoms with E-state index < -0.39 is 53.1 Å². The molecular formula is C47H61N7O6. The monoisotopic (exact) mass is 819 g/mol. The van der Waals surface area contributed by atoms with Gasteiger partial charge in [-0.05, 0) is 72.4 Å². The number of amides is 5. The minimum absolute atomic E-state index is 0.0442. The van der Waals surface area contributed by atoms with Gasteiger partial charge in [-0.25, -0.2) is 9.59 Å². The number of carbonyl (C=O) groups is 4. The van der Waals surface area contributed by atoms with Gasteiger partial charge in [0, 0.05) is 43.6 Å². The van der Waals surface area contributed by atoms with Crippen molar-refractivity contribution < 1.29 is 29.4 Å². The van der Waals surface area contributed by atoms with E-state index >= 15 is 0 Å². The first-order valence-electron chi connectivity index (χ1n) is 20.6. The molecule has 13 nitrogen and oxygen atoms in total. The molecule has 1 aliphatic rings. The minimum Gasteiger partial charge on any atom is -0.465 e. The number of carboxylic acid groups (broad SMARTS) is 1. The van der Waals surface area contributed by atoms with Crippen LogP contribution in [-0.4, -0.2) is 109 Å². The lowest BCUT2D eigenvalue weighted by molar-refractivity contribution is -0.131. The molecule has 0 bridgehead atoms. The molecule has 13 heteroatoms. The molecule has 2 aromatic carbocycles. The molecule has 0 unspecified atom stereocenters. The van der Waals surface area contributed by atoms with Gasteiger partial charge in [-0.1, -0.05) is 108 Å². The third kappa shape index (κ3) is 11.9. The third-order valence-corrected chi connectivity index (χ3v) is 10.9. The molecule has 1 fully saturated rings. The number of aliphatic hydroxyl groups is 1. The number of nitrogens with zero attached hydrogens (tertiary/aromatic N) is 5. The van der Waals surface area contributed by atoms with Gasteiger partial charge in [0.05, 0.1) is 30.1 Å². The highest BCUT2D eigenvalue weighted by Crippen LogP contribution is 2.30. The maximum atomic E-state index is 14.6. The minimum atomic E-state index is -1.25. The highest BCUT2D eigenvalue weighted by atomic mass is 16.4. The summed E-state index contributed by atoms with van der Waals surface area (Å²) in [7, 11) is 1.36. The first kappa shape index (κ1) is 45.3. The SMILES string of the molecule is Cc1cccc(CN2CCN([C@H](C(=O)N[C@@H](Cc3ccccc3)C[C@@H](O)[C@H](Cc3ccc(-c4ccccn4)cc3)NC(=O)[C@@H](N(C)C(=O)O)C(C)(C)C)C(C)(C)C)C2=O)n1. The number of hydrogen-bond acceptors (Lipinski definition) is 7. The van der Waals surface area contributed by atoms with Crippen LogP contribution < -0.4 is 10.6 Å². The first-order valence-corrected chi connectivity index (χ1v) is 20.6. The summed E-state index contributed by atoms with van der Waals surface area (Å²) in [6.07, 6.45) is -0.0890. The van der Waals surface area contributed by atoms with Gasteiger partial charge in [0.1, 0.15) is 12.1 Å². The summed E-state index contributed by atoms with van der Waals surface area (Å²) in [5.41, 5.74) is 3.67. The van der Waals surface area contributed by atoms with Crippen LogP contribution in [0.5, 0.6) is 0 Å². The molecular weight excluding hydrogens is 759 g/mol. The second-order valence-electron chi connectivity index (χ2n) is 18.0. The number of urea groups is 1. The van der Waals surface area contributed by atoms with Crippen molar-refractivity contribution in [3.63, 3.8) is 0 Å². The number of nitrogens with one attached hydrogen (secondary N) is 2. The van der Waals surface area contributed by atoms with Gasteiger partial charge in [-0.2, -0.15) is 0 Å². The lowest BCUT2D eigenvalue weighted by Crippen LogP contribution is -2.59. The average molecular weight is 820 g/mol. The van der Waals surface area contributed by atoms with Gasteiger partial charge in [0.2, 0.25) is 11.8 Å². The van der Waals surface area contributed by atoms with E-state index in [1.165, 1.54) is 7.05 Å². The fraction of sp³-hybridized carbons (Fsp3) is 0.447. The largest absolute Gasteiger partial charge is 0.465 e. The Morgan fingerprint density at radius 3 is 2.07 bits per heavy atom. The summed E-state index contributed by atoms with van der Waals surface area (Å²) < 4.78 is 0. The number of aromatic nitrogens is 2. The number of carbonyl (C=O) groups excluding carboxylic acids is 3. The fourth-order valence-electron chi connectivity index (χ4n) is 8.11. The number of hydrogen-bond donors (Lipinski definition) is 4. The van der Waals surface area contributed by atoms with Crippen LogP contribution in [0, 0.1) is 17.8 Å². The van der Waals surface area contributed by atoms with E-state index in [0.29, 0.717) is 26.1 Å². The number of likely N-dealkylation sites (N-methyl/N-ethyl adjacent to an activating group) is 1. The summed E-state index contributed by atoms with van der Waals surface area (Å²) >= 11 is 0. The molecule has 1 aliphatic heterocycles. The van der Waals surface area contributed by atoms with E-state index in [4.69, 9.17) is 0 Å². The van der Waals surface area contributed by atoms with Crippen LogP contribution in [0.25, 0.3) is 11.3 Å². The van der Waals surface area contributed by atoms with E-state index in [2.05, 4.69) is 20.6 Å². The molecule has 320 valence electrons. The predicted octanol–water partition coefficient (Wildman–Crippen LogP) is 6.33. The Balaban J connectivity index is 1.42. The van der Waals surface area contributed by atoms with Crippen molar-refractivity contribution in [2.45, 2.75) is 105 Å². The van der Waals surface area contributed by atoms with Crippen LogP contribution in [0.1, 0.15) is 70.5 Å². The molecule has 4 aromatic rings. The average Bonchev–Trinajstić information content (AvgIpc) is 3.52. The second kappa shape index (κ2) is 19.5. The zero-order valence-corrected chi connectivity index (χ0v) is 36.1. The van der Waals surface area contributed by atoms with E-state index in [0.717, 1.165) is 38.7 Å². The molecule has 0 saturated carbocycles. The number of rotatable bonds is 16. The zero-order chi connectivity index (χ0) is 43.8. The van der Waals surface area contributed by atoms with Crippen molar-refractivity contribution in [3.8, 4) is 11.3 Å². The highest BCUT2D eigenvalue weighted by Gasteiger charge is 2.44. The summed E-state index contributed by atoms with van der Waals surface area (Å²) in [6.45, 7) is 14.2. The Kier molecular flexibility index (Phi) is 14.7. The third-order valence-electron chi connectivity index (χ3n) is 10.9. The van der Waals surface area contributed by atoms with Crippen molar-refractivity contribution in [2.75, 3.05) is 20.1 Å². The van der Waals surface area contributed by atoms with E-state index in [1.807, 2.05) is 119 Å². The van der Waals surface area contributed by atoms with E-state index in [-0.39, 0.29) is 24.8 Å². The van der Waals surface area contributed by atoms with Crippen LogP contribution in [-0.2, 0) is 29.0 Å². The Bertz CT molecular complexity index is 2070. The summed E-state index contributed by atoms with van der Waals surface area (Å²) in [5.74, 6) is -0.892. The summed E-state index contributed by atoms with van der Waals surface area (Å²) in [5, 5.41) is 28.4. The van der Waals surface area contributed by atoms with Crippen molar-refractivity contribution in [2.24, 2.45) is 10.8 Å². The lowest BCUT2D eigenvalue weighted by atomic mass is 9.84. The van der Waals surface area contributed by atoms with Crippen molar-refractivity contribution in [1.29, 1.82) is 0 Å². The van der Waals surface area contributed by atoms with Crippen LogP contribution >= 0.6 is 0 Å². The van der Waals surface area contributed by atoms with Gasteiger partial charge < -0.3 is 30.6 Å². The van der Waals surface area contributed by atoms with Crippen LogP contribution in [0.2, 0.25) is 0 Å². The smallest absolute Gasteiger partial charge is 0.407 e. The van der Waals surface area contributed by atoms with Crippen molar-refractivity contribution in [3.05, 3.63) is 120 Å². The number of pyridine rings is 2. The normalized spacial score (nSPS) is 15.8. The topological polar surface area (TPSA) is 168 Å². The Labute approximate surface area is 354 Å². The molecule has 2 aromatic heterocycles. The van der Waals surface area contributed by atoms with Crippen molar-refractivity contribution >= 4 is 23.9 Å². The molecule has 5 rings (SSSR count). The predicted molar refractivity (Wildman–Crippen MR) is 232 cm³/mol. The number of aryl methyl sites for hydroxylation is 1. The summed E-state index contributed by atoms with van der Waals surface area (Å²) in [4.78, 5) is 68.1. The Morgan fingerprint density at radius 1 is 0.800 bits per heavy atom. The molecule has 1 saturated heterocycles. The molecule has 5 amide bonds. The quantitative estimate of drug-likeness (QED) is 0.102. The Hall–Kier alpha value is -5.82. The van der Waals surface area contributed by atoms with Crippen LogP contribution in [0.15, 0.2) is 97.2 Å². The highest BCUT2D eigenvalue weighted by molar-refractivity contribution is 5.89. The van der Waals surface area contributed by atoms with E-state index in [9.17, 15) is 29.4 Å². The molecule has 0 aliphatic carbocycles. The number of aliphatic hydroxyl groups excluding tert-OH is 1. The van der Waals surface area contributed by atoms with E-state index in [1.54, 1.807) is 36.8 Å². The molecule has 3 heterocycles. The van der Waals surface area contributed by atoms with Gasteiger partial charge in [-0.3, -0.25) is 24.5 Å². The molecule has 0 spiro atoms. The van der Waals surface area contributed by atoms with Crippen LogP contribution in [0.4, 0.5) is 9.59 Å². The van der Waals surface area contributed by atoms with Gasteiger partial charge in [-0.15, -0.1) is 0 Å². The molecule has 60 heavy (non-hydrogen) atoms. The maximum Gasteiger partial charge on any atom is 0.407 e. The number of benzene rings is 2. The second-order valence-corrected chi connectivity index (χ2v) is 18.0. The Morgan fingerprint density at radius 2 is 1.47 bits per heavy atom. The zero-order valence-electron chi connectivity index (χ0n) is 36.1.